The maximum absolute atomic E-state index is 4.39. The lowest BCUT2D eigenvalue weighted by Crippen LogP contribution is -2.44. The number of hydrogen-bond donors (Lipinski definition) is 0. The highest BCUT2D eigenvalue weighted by Crippen LogP contribution is 2.36. The monoisotopic (exact) mass is 309 g/mol. The molecule has 0 amide bonds. The van der Waals surface area contributed by atoms with E-state index in [-0.39, 0.29) is 0 Å². The van der Waals surface area contributed by atoms with Crippen LogP contribution in [0, 0.1) is 0 Å². The molecule has 0 radical (unpaired) electrons. The Hall–Kier alpha value is -0.590. The van der Waals surface area contributed by atoms with Crippen LogP contribution in [0.3, 0.4) is 0 Å². The molecule has 0 spiro atoms. The van der Waals surface area contributed by atoms with Crippen LogP contribution in [0.5, 0.6) is 0 Å². The predicted molar refractivity (Wildman–Crippen MR) is 86.9 cm³/mol. The van der Waals surface area contributed by atoms with Gasteiger partial charge in [-0.25, -0.2) is 0 Å². The number of likely N-dealkylation sites (N-methyl/N-ethyl adjacent to an activating group) is 1. The van der Waals surface area contributed by atoms with E-state index >= 15 is 0 Å². The number of aromatic nitrogens is 3. The Morgan fingerprint density at radius 3 is 2.52 bits per heavy atom. The lowest BCUT2D eigenvalue weighted by atomic mass is 9.85. The van der Waals surface area contributed by atoms with Crippen molar-refractivity contribution >= 4 is 11.8 Å². The van der Waals surface area contributed by atoms with Crippen LogP contribution in [0.25, 0.3) is 0 Å². The minimum absolute atomic E-state index is 0.669. The van der Waals surface area contributed by atoms with Gasteiger partial charge in [0.15, 0.2) is 5.16 Å². The molecule has 1 aromatic heterocycles. The van der Waals surface area contributed by atoms with Crippen molar-refractivity contribution in [2.75, 3.05) is 45.5 Å². The summed E-state index contributed by atoms with van der Waals surface area (Å²) in [4.78, 5) is 4.99. The topological polar surface area (TPSA) is 37.2 Å². The first-order valence-electron chi connectivity index (χ1n) is 8.17. The van der Waals surface area contributed by atoms with E-state index in [1.165, 1.54) is 64.2 Å². The number of nitrogens with zero attached hydrogens (tertiary/aromatic N) is 5. The van der Waals surface area contributed by atoms with Gasteiger partial charge in [-0.15, -0.1) is 10.2 Å². The van der Waals surface area contributed by atoms with Crippen LogP contribution in [0.1, 0.15) is 37.4 Å². The lowest BCUT2D eigenvalue weighted by molar-refractivity contribution is 0.154. The minimum Gasteiger partial charge on any atom is -0.309 e. The number of rotatable bonds is 6. The van der Waals surface area contributed by atoms with Gasteiger partial charge in [-0.1, -0.05) is 18.2 Å². The van der Waals surface area contributed by atoms with Gasteiger partial charge in [0.25, 0.3) is 0 Å². The molecule has 0 N–H and O–H groups in total. The summed E-state index contributed by atoms with van der Waals surface area (Å²) in [5, 5.41) is 9.85. The molecule has 1 aromatic rings. The van der Waals surface area contributed by atoms with Gasteiger partial charge in [-0.3, -0.25) is 0 Å². The average molecular weight is 309 g/mol. The molecule has 3 rings (SSSR count). The van der Waals surface area contributed by atoms with Crippen molar-refractivity contribution in [1.82, 2.24) is 24.6 Å². The van der Waals surface area contributed by atoms with Crippen LogP contribution < -0.4 is 0 Å². The first-order valence-corrected chi connectivity index (χ1v) is 9.15. The zero-order valence-electron chi connectivity index (χ0n) is 13.3. The molecule has 1 saturated heterocycles. The largest absolute Gasteiger partial charge is 0.309 e. The van der Waals surface area contributed by atoms with E-state index in [0.717, 1.165) is 10.9 Å². The third kappa shape index (κ3) is 3.79. The standard InChI is InChI=1S/C15H27N5S/c1-18-8-10-20(11-9-18)7-4-12-21-15-17-16-14(19(15)2)13-5-3-6-13/h13H,3-12H2,1-2H3. The van der Waals surface area contributed by atoms with Crippen molar-refractivity contribution in [2.24, 2.45) is 7.05 Å². The van der Waals surface area contributed by atoms with E-state index in [2.05, 4.69) is 38.7 Å². The third-order valence-corrected chi connectivity index (χ3v) is 5.89. The zero-order valence-corrected chi connectivity index (χ0v) is 14.1. The van der Waals surface area contributed by atoms with Crippen molar-refractivity contribution in [1.29, 1.82) is 0 Å². The fourth-order valence-corrected chi connectivity index (χ4v) is 3.84. The molecule has 118 valence electrons. The summed E-state index contributed by atoms with van der Waals surface area (Å²) in [6.07, 6.45) is 5.17. The Balaban J connectivity index is 1.38. The lowest BCUT2D eigenvalue weighted by Gasteiger charge is -2.32. The van der Waals surface area contributed by atoms with Crippen LogP contribution in [0.2, 0.25) is 0 Å². The second-order valence-electron chi connectivity index (χ2n) is 6.37. The zero-order chi connectivity index (χ0) is 14.7. The Labute approximate surface area is 132 Å². The molecule has 2 fully saturated rings. The van der Waals surface area contributed by atoms with Crippen LogP contribution in [0.4, 0.5) is 0 Å². The summed E-state index contributed by atoms with van der Waals surface area (Å²) in [5.74, 6) is 3.01. The van der Waals surface area contributed by atoms with E-state index in [1.807, 2.05) is 11.8 Å². The van der Waals surface area contributed by atoms with Crippen molar-refractivity contribution in [3.63, 3.8) is 0 Å². The fraction of sp³-hybridized carbons (Fsp3) is 0.867. The van der Waals surface area contributed by atoms with E-state index in [4.69, 9.17) is 0 Å². The van der Waals surface area contributed by atoms with Gasteiger partial charge in [-0.05, 0) is 32.9 Å². The molecule has 2 aliphatic rings. The highest BCUT2D eigenvalue weighted by molar-refractivity contribution is 7.99. The fourth-order valence-electron chi connectivity index (χ4n) is 3.00. The SMILES string of the molecule is CN1CCN(CCCSc2nnc(C3CCC3)n2C)CC1. The maximum Gasteiger partial charge on any atom is 0.190 e. The highest BCUT2D eigenvalue weighted by Gasteiger charge is 2.25. The van der Waals surface area contributed by atoms with E-state index in [1.54, 1.807) is 0 Å². The summed E-state index contributed by atoms with van der Waals surface area (Å²) < 4.78 is 2.21. The number of piperazine rings is 1. The number of hydrogen-bond acceptors (Lipinski definition) is 5. The molecule has 0 aromatic carbocycles. The van der Waals surface area contributed by atoms with Crippen molar-refractivity contribution in [3.8, 4) is 0 Å². The van der Waals surface area contributed by atoms with Gasteiger partial charge in [0, 0.05) is 44.9 Å². The minimum atomic E-state index is 0.669. The predicted octanol–water partition coefficient (Wildman–Crippen LogP) is 1.81. The van der Waals surface area contributed by atoms with Gasteiger partial charge >= 0.3 is 0 Å². The Morgan fingerprint density at radius 2 is 1.86 bits per heavy atom. The van der Waals surface area contributed by atoms with Gasteiger partial charge in [0.05, 0.1) is 0 Å². The normalized spacial score (nSPS) is 21.6. The smallest absolute Gasteiger partial charge is 0.190 e. The molecule has 0 bridgehead atoms. The Bertz CT molecular complexity index is 449. The first-order chi connectivity index (χ1) is 10.2. The summed E-state index contributed by atoms with van der Waals surface area (Å²) in [5.41, 5.74) is 0. The molecule has 21 heavy (non-hydrogen) atoms. The second-order valence-corrected chi connectivity index (χ2v) is 7.44. The van der Waals surface area contributed by atoms with Gasteiger partial charge < -0.3 is 14.4 Å². The number of thioether (sulfide) groups is 1. The van der Waals surface area contributed by atoms with Gasteiger partial charge in [-0.2, -0.15) is 0 Å². The molecule has 2 heterocycles. The molecular formula is C15H27N5S. The van der Waals surface area contributed by atoms with Crippen LogP contribution in [-0.4, -0.2) is 70.1 Å². The van der Waals surface area contributed by atoms with Crippen LogP contribution in [-0.2, 0) is 7.05 Å². The molecular weight excluding hydrogens is 282 g/mol. The molecule has 0 unspecified atom stereocenters. The van der Waals surface area contributed by atoms with E-state index < -0.39 is 0 Å². The van der Waals surface area contributed by atoms with Gasteiger partial charge in [0.1, 0.15) is 5.82 Å². The second kappa shape index (κ2) is 7.11. The molecule has 0 atom stereocenters. The Morgan fingerprint density at radius 1 is 1.10 bits per heavy atom. The van der Waals surface area contributed by atoms with Crippen molar-refractivity contribution < 1.29 is 0 Å². The summed E-state index contributed by atoms with van der Waals surface area (Å²) in [6, 6.07) is 0. The van der Waals surface area contributed by atoms with Crippen molar-refractivity contribution in [2.45, 2.75) is 36.8 Å². The summed E-state index contributed by atoms with van der Waals surface area (Å²) in [6.45, 7) is 6.07. The van der Waals surface area contributed by atoms with Crippen molar-refractivity contribution in [3.05, 3.63) is 5.82 Å². The molecule has 1 saturated carbocycles. The van der Waals surface area contributed by atoms with Crippen LogP contribution in [0.15, 0.2) is 5.16 Å². The van der Waals surface area contributed by atoms with Gasteiger partial charge in [0.2, 0.25) is 0 Å². The maximum atomic E-state index is 4.39. The molecule has 1 aliphatic heterocycles. The molecule has 1 aliphatic carbocycles. The Kier molecular flexibility index (Phi) is 5.19. The summed E-state index contributed by atoms with van der Waals surface area (Å²) >= 11 is 1.86. The quantitative estimate of drug-likeness (QED) is 0.592. The molecule has 5 nitrogen and oxygen atoms in total. The van der Waals surface area contributed by atoms with E-state index in [0.29, 0.717) is 5.92 Å². The van der Waals surface area contributed by atoms with Crippen LogP contribution >= 0.6 is 11.8 Å². The molecule has 6 heteroatoms. The first kappa shape index (κ1) is 15.3. The van der Waals surface area contributed by atoms with E-state index in [9.17, 15) is 0 Å². The third-order valence-electron chi connectivity index (χ3n) is 4.78. The average Bonchev–Trinajstić information content (AvgIpc) is 2.77. The summed E-state index contributed by atoms with van der Waals surface area (Å²) in [7, 11) is 4.33. The highest BCUT2D eigenvalue weighted by atomic mass is 32.2.